The largest absolute Gasteiger partial charge is 0.457 e. The van der Waals surface area contributed by atoms with Crippen molar-refractivity contribution in [2.45, 2.75) is 18.9 Å². The third-order valence-corrected chi connectivity index (χ3v) is 5.05. The fourth-order valence-corrected chi connectivity index (χ4v) is 3.81. The van der Waals surface area contributed by atoms with E-state index in [1.165, 1.54) is 0 Å². The van der Waals surface area contributed by atoms with E-state index < -0.39 is 17.3 Å². The van der Waals surface area contributed by atoms with Crippen LogP contribution in [0.4, 0.5) is 0 Å². The number of esters is 1. The van der Waals surface area contributed by atoms with E-state index >= 15 is 0 Å². The number of hydrogen-bond donors (Lipinski definition) is 2. The predicted molar refractivity (Wildman–Crippen MR) is 103 cm³/mol. The zero-order valence-corrected chi connectivity index (χ0v) is 15.6. The number of nitrogens with one attached hydrogen (secondary N) is 1. The van der Waals surface area contributed by atoms with Crippen molar-refractivity contribution in [2.24, 2.45) is 5.73 Å². The van der Waals surface area contributed by atoms with Gasteiger partial charge in [-0.25, -0.2) is 4.79 Å². The molecule has 2 heterocycles. The molecular weight excluding hydrogens is 370 g/mol. The molecular formula is C22H17N3O4. The average Bonchev–Trinajstić information content (AvgIpc) is 2.98. The Kier molecular flexibility index (Phi) is 4.32. The molecule has 2 aliphatic heterocycles. The molecule has 1 amide bonds. The first-order chi connectivity index (χ1) is 14.0. The lowest BCUT2D eigenvalue weighted by molar-refractivity contribution is -0.141. The van der Waals surface area contributed by atoms with Crippen LogP contribution in [0.2, 0.25) is 0 Å². The molecule has 0 radical (unpaired) electrons. The minimum absolute atomic E-state index is 0.0277. The number of hydrogen-bond acceptors (Lipinski definition) is 6. The highest BCUT2D eigenvalue weighted by atomic mass is 16.5. The monoisotopic (exact) mass is 387 g/mol. The van der Waals surface area contributed by atoms with Crippen molar-refractivity contribution in [3.8, 4) is 11.8 Å². The molecule has 29 heavy (non-hydrogen) atoms. The lowest BCUT2D eigenvalue weighted by atomic mass is 9.68. The number of carbonyl (C=O) groups is 2. The molecule has 1 spiro atoms. The number of para-hydroxylation sites is 1. The molecule has 144 valence electrons. The van der Waals surface area contributed by atoms with E-state index in [-0.39, 0.29) is 23.6 Å². The number of amides is 1. The minimum atomic E-state index is -1.72. The number of fused-ring (bicyclic) bond motifs is 2. The molecule has 0 aliphatic carbocycles. The van der Waals surface area contributed by atoms with Gasteiger partial charge in [-0.1, -0.05) is 48.5 Å². The summed E-state index contributed by atoms with van der Waals surface area (Å²) in [6, 6.07) is 17.8. The van der Waals surface area contributed by atoms with Gasteiger partial charge >= 0.3 is 5.97 Å². The molecule has 4 rings (SSSR count). The molecule has 2 aromatic carbocycles. The van der Waals surface area contributed by atoms with Crippen molar-refractivity contribution in [1.82, 2.24) is 5.32 Å². The summed E-state index contributed by atoms with van der Waals surface area (Å²) in [6.07, 6.45) is 0. The minimum Gasteiger partial charge on any atom is -0.457 e. The summed E-state index contributed by atoms with van der Waals surface area (Å²) < 4.78 is 11.0. The van der Waals surface area contributed by atoms with E-state index in [1.807, 2.05) is 36.4 Å². The standard InChI is InChI=1S/C22H17N3O4/c1-13-18(20(26)28-12-14-7-3-2-4-8-14)22(21(27)25-13)15-9-5-6-10-17(15)29-19(24)16(22)11-23/h2-10H,12,24H2,1H3,(H,25,27). The number of ether oxygens (including phenoxy) is 2. The number of nitriles is 1. The Morgan fingerprint density at radius 1 is 1.21 bits per heavy atom. The van der Waals surface area contributed by atoms with Gasteiger partial charge in [0.25, 0.3) is 0 Å². The number of rotatable bonds is 3. The van der Waals surface area contributed by atoms with Crippen molar-refractivity contribution in [2.75, 3.05) is 0 Å². The zero-order chi connectivity index (χ0) is 20.6. The van der Waals surface area contributed by atoms with Gasteiger partial charge in [-0.2, -0.15) is 5.26 Å². The van der Waals surface area contributed by atoms with E-state index in [2.05, 4.69) is 5.32 Å². The first-order valence-corrected chi connectivity index (χ1v) is 8.91. The molecule has 0 saturated carbocycles. The van der Waals surface area contributed by atoms with Gasteiger partial charge in [0.05, 0.1) is 5.57 Å². The zero-order valence-electron chi connectivity index (χ0n) is 15.6. The Balaban J connectivity index is 1.84. The van der Waals surface area contributed by atoms with Crippen molar-refractivity contribution in [1.29, 1.82) is 5.26 Å². The maximum absolute atomic E-state index is 13.2. The summed E-state index contributed by atoms with van der Waals surface area (Å²) in [4.78, 5) is 26.3. The van der Waals surface area contributed by atoms with Gasteiger partial charge in [-0.05, 0) is 18.6 Å². The second kappa shape index (κ2) is 6.84. The summed E-state index contributed by atoms with van der Waals surface area (Å²) >= 11 is 0. The molecule has 0 aromatic heterocycles. The summed E-state index contributed by atoms with van der Waals surface area (Å²) in [5.74, 6) is -1.16. The molecule has 2 aromatic rings. The van der Waals surface area contributed by atoms with Crippen molar-refractivity contribution >= 4 is 11.9 Å². The molecule has 0 bridgehead atoms. The highest BCUT2D eigenvalue weighted by Gasteiger charge is 2.59. The van der Waals surface area contributed by atoms with Gasteiger partial charge in [0.1, 0.15) is 24.0 Å². The summed E-state index contributed by atoms with van der Waals surface area (Å²) in [6.45, 7) is 1.62. The van der Waals surface area contributed by atoms with Crippen LogP contribution in [0.3, 0.4) is 0 Å². The SMILES string of the molecule is CC1=C(C(=O)OCc2ccccc2)C2(C(=O)N1)C(C#N)=C(N)Oc1ccccc12. The molecule has 2 aliphatic rings. The Bertz CT molecular complexity index is 1130. The van der Waals surface area contributed by atoms with E-state index in [4.69, 9.17) is 15.2 Å². The van der Waals surface area contributed by atoms with Gasteiger partial charge < -0.3 is 20.5 Å². The summed E-state index contributed by atoms with van der Waals surface area (Å²) in [5, 5.41) is 12.5. The van der Waals surface area contributed by atoms with Crippen molar-refractivity contribution in [3.63, 3.8) is 0 Å². The van der Waals surface area contributed by atoms with Crippen molar-refractivity contribution < 1.29 is 19.1 Å². The van der Waals surface area contributed by atoms with Gasteiger partial charge in [-0.15, -0.1) is 0 Å². The molecule has 7 heteroatoms. The van der Waals surface area contributed by atoms with Crippen LogP contribution >= 0.6 is 0 Å². The van der Waals surface area contributed by atoms with Crippen LogP contribution in [0.1, 0.15) is 18.1 Å². The maximum atomic E-state index is 13.2. The van der Waals surface area contributed by atoms with Crippen LogP contribution in [0.5, 0.6) is 5.75 Å². The first-order valence-electron chi connectivity index (χ1n) is 8.91. The maximum Gasteiger partial charge on any atom is 0.337 e. The van der Waals surface area contributed by atoms with Crippen LogP contribution < -0.4 is 15.8 Å². The molecule has 0 fully saturated rings. The third-order valence-electron chi connectivity index (χ3n) is 5.05. The van der Waals surface area contributed by atoms with Crippen molar-refractivity contribution in [3.05, 3.63) is 88.5 Å². The van der Waals surface area contributed by atoms with Crippen LogP contribution in [0.25, 0.3) is 0 Å². The first kappa shape index (κ1) is 18.3. The number of benzene rings is 2. The van der Waals surface area contributed by atoms with Gasteiger partial charge in [-0.3, -0.25) is 4.79 Å². The van der Waals surface area contributed by atoms with Gasteiger partial charge in [0.2, 0.25) is 11.8 Å². The smallest absolute Gasteiger partial charge is 0.337 e. The highest BCUT2D eigenvalue weighted by Crippen LogP contribution is 2.51. The Morgan fingerprint density at radius 3 is 2.62 bits per heavy atom. The van der Waals surface area contributed by atoms with E-state index in [0.717, 1.165) is 5.56 Å². The van der Waals surface area contributed by atoms with Gasteiger partial charge in [0, 0.05) is 11.3 Å². The number of allylic oxidation sites excluding steroid dienone is 1. The topological polar surface area (TPSA) is 114 Å². The Hall–Kier alpha value is -4.05. The molecule has 3 N–H and O–H groups in total. The lowest BCUT2D eigenvalue weighted by Gasteiger charge is -2.34. The van der Waals surface area contributed by atoms with Gasteiger partial charge in [0.15, 0.2) is 5.41 Å². The number of nitrogens with zero attached hydrogens (tertiary/aromatic N) is 1. The van der Waals surface area contributed by atoms with E-state index in [1.54, 1.807) is 31.2 Å². The summed E-state index contributed by atoms with van der Waals surface area (Å²) in [5.41, 5.74) is 5.63. The number of carbonyl (C=O) groups excluding carboxylic acids is 2. The quantitative estimate of drug-likeness (QED) is 0.780. The van der Waals surface area contributed by atoms with Crippen LogP contribution in [-0.4, -0.2) is 11.9 Å². The molecule has 7 nitrogen and oxygen atoms in total. The molecule has 0 saturated heterocycles. The molecule has 1 unspecified atom stereocenters. The fourth-order valence-electron chi connectivity index (χ4n) is 3.81. The fraction of sp³-hybridized carbons (Fsp3) is 0.136. The van der Waals surface area contributed by atoms with E-state index in [0.29, 0.717) is 17.0 Å². The Morgan fingerprint density at radius 2 is 1.90 bits per heavy atom. The third kappa shape index (κ3) is 2.65. The predicted octanol–water partition coefficient (Wildman–Crippen LogP) is 2.16. The highest BCUT2D eigenvalue weighted by molar-refractivity contribution is 6.12. The normalized spacial score (nSPS) is 20.1. The van der Waals surface area contributed by atoms with Crippen LogP contribution in [0.15, 0.2) is 77.3 Å². The average molecular weight is 387 g/mol. The Labute approximate surface area is 167 Å². The number of nitrogens with two attached hydrogens (primary N) is 1. The van der Waals surface area contributed by atoms with Crippen LogP contribution in [-0.2, 0) is 26.3 Å². The second-order valence-corrected chi connectivity index (χ2v) is 6.72. The van der Waals surface area contributed by atoms with Crippen LogP contribution in [0, 0.1) is 11.3 Å². The summed E-state index contributed by atoms with van der Waals surface area (Å²) in [7, 11) is 0. The molecule has 1 atom stereocenters. The second-order valence-electron chi connectivity index (χ2n) is 6.72. The lowest BCUT2D eigenvalue weighted by Crippen LogP contribution is -2.46. The van der Waals surface area contributed by atoms with E-state index in [9.17, 15) is 14.9 Å².